The molecule has 2 aromatic rings. The number of hydrogen-bond acceptors (Lipinski definition) is 5. The molecule has 7 nitrogen and oxygen atoms in total. The van der Waals surface area contributed by atoms with Crippen molar-refractivity contribution in [2.24, 2.45) is 5.92 Å². The molecule has 0 aliphatic heterocycles. The smallest absolute Gasteiger partial charge is 0.239 e. The normalized spacial score (nSPS) is 15.8. The highest BCUT2D eigenvalue weighted by Gasteiger charge is 2.28. The number of likely N-dealkylation sites (N-methyl/N-ethyl adjacent to an activating group) is 2. The lowest BCUT2D eigenvalue weighted by molar-refractivity contribution is -0.138. The molecule has 154 valence electrons. The Hall–Kier alpha value is -2.96. The van der Waals surface area contributed by atoms with E-state index in [1.165, 1.54) is 4.90 Å². The Kier molecular flexibility index (Phi) is 6.80. The third kappa shape index (κ3) is 4.91. The molecule has 7 heteroatoms. The van der Waals surface area contributed by atoms with Crippen LogP contribution in [0.1, 0.15) is 31.0 Å². The predicted octanol–water partition coefficient (Wildman–Crippen LogP) is 2.24. The molecule has 1 aliphatic rings. The van der Waals surface area contributed by atoms with Gasteiger partial charge in [-0.1, -0.05) is 30.3 Å². The van der Waals surface area contributed by atoms with Crippen LogP contribution in [0.3, 0.4) is 0 Å². The van der Waals surface area contributed by atoms with Gasteiger partial charge >= 0.3 is 0 Å². The summed E-state index contributed by atoms with van der Waals surface area (Å²) in [5.74, 6) is 0.941. The molecule has 0 bridgehead atoms. The van der Waals surface area contributed by atoms with E-state index in [4.69, 9.17) is 9.72 Å². The van der Waals surface area contributed by atoms with Gasteiger partial charge in [0.2, 0.25) is 17.7 Å². The standard InChI is InChI=1S/C22H28N4O3/c1-4-29-21-17-12-10-16(22(28)26(3)14-19(27)23-2)11-13-18(17)24-20(25-21)15-8-6-5-7-9-15/h5-9,16H,4,10-14H2,1-3H3,(H,23,27). The topological polar surface area (TPSA) is 84.4 Å². The second-order valence-electron chi connectivity index (χ2n) is 7.22. The van der Waals surface area contributed by atoms with Gasteiger partial charge in [0.1, 0.15) is 0 Å². The van der Waals surface area contributed by atoms with E-state index in [2.05, 4.69) is 10.3 Å². The Balaban J connectivity index is 1.83. The summed E-state index contributed by atoms with van der Waals surface area (Å²) in [5, 5.41) is 2.56. The summed E-state index contributed by atoms with van der Waals surface area (Å²) in [6.45, 7) is 2.53. The highest BCUT2D eigenvalue weighted by atomic mass is 16.5. The van der Waals surface area contributed by atoms with E-state index in [1.807, 2.05) is 37.3 Å². The van der Waals surface area contributed by atoms with Crippen LogP contribution in [0, 0.1) is 5.92 Å². The zero-order valence-corrected chi connectivity index (χ0v) is 17.3. The number of nitrogens with one attached hydrogen (secondary N) is 1. The largest absolute Gasteiger partial charge is 0.478 e. The van der Waals surface area contributed by atoms with E-state index < -0.39 is 0 Å². The molecule has 1 heterocycles. The number of fused-ring (bicyclic) bond motifs is 1. The van der Waals surface area contributed by atoms with Gasteiger partial charge in [-0.25, -0.2) is 4.98 Å². The summed E-state index contributed by atoms with van der Waals surface area (Å²) in [5.41, 5.74) is 2.89. The van der Waals surface area contributed by atoms with Crippen LogP contribution in [-0.4, -0.2) is 53.9 Å². The summed E-state index contributed by atoms with van der Waals surface area (Å²) in [7, 11) is 3.25. The number of ether oxygens (including phenoxy) is 1. The lowest BCUT2D eigenvalue weighted by Crippen LogP contribution is -2.40. The molecule has 1 atom stereocenters. The first-order chi connectivity index (χ1) is 14.0. The zero-order chi connectivity index (χ0) is 20.8. The fourth-order valence-electron chi connectivity index (χ4n) is 3.64. The molecule has 1 aromatic carbocycles. The second-order valence-corrected chi connectivity index (χ2v) is 7.22. The molecule has 0 saturated carbocycles. The fourth-order valence-corrected chi connectivity index (χ4v) is 3.64. The molecule has 29 heavy (non-hydrogen) atoms. The van der Waals surface area contributed by atoms with Crippen LogP contribution < -0.4 is 10.1 Å². The molecule has 0 radical (unpaired) electrons. The van der Waals surface area contributed by atoms with Gasteiger partial charge in [-0.3, -0.25) is 9.59 Å². The lowest BCUT2D eigenvalue weighted by Gasteiger charge is -2.22. The number of aromatic nitrogens is 2. The van der Waals surface area contributed by atoms with Crippen LogP contribution in [0.15, 0.2) is 30.3 Å². The van der Waals surface area contributed by atoms with Crippen molar-refractivity contribution < 1.29 is 14.3 Å². The molecular weight excluding hydrogens is 368 g/mol. The number of nitrogens with zero attached hydrogens (tertiary/aromatic N) is 3. The molecule has 0 saturated heterocycles. The molecule has 1 aromatic heterocycles. The van der Waals surface area contributed by atoms with Crippen molar-refractivity contribution >= 4 is 11.8 Å². The molecular formula is C22H28N4O3. The maximum absolute atomic E-state index is 12.8. The summed E-state index contributed by atoms with van der Waals surface area (Å²) < 4.78 is 5.83. The quantitative estimate of drug-likeness (QED) is 0.757. The SMILES string of the molecule is CCOc1nc(-c2ccccc2)nc2c1CCC(C(=O)N(C)CC(=O)NC)CC2. The Bertz CT molecular complexity index is 870. The minimum atomic E-state index is -0.172. The predicted molar refractivity (Wildman–Crippen MR) is 110 cm³/mol. The van der Waals surface area contributed by atoms with Gasteiger partial charge in [-0.05, 0) is 32.6 Å². The van der Waals surface area contributed by atoms with Crippen molar-refractivity contribution in [3.63, 3.8) is 0 Å². The van der Waals surface area contributed by atoms with Crippen LogP contribution in [0.25, 0.3) is 11.4 Å². The number of amides is 2. The molecule has 2 amide bonds. The zero-order valence-electron chi connectivity index (χ0n) is 17.3. The Labute approximate surface area is 171 Å². The van der Waals surface area contributed by atoms with E-state index in [0.29, 0.717) is 44.0 Å². The average molecular weight is 396 g/mol. The van der Waals surface area contributed by atoms with Crippen molar-refractivity contribution in [2.45, 2.75) is 32.6 Å². The van der Waals surface area contributed by atoms with Gasteiger partial charge in [-0.15, -0.1) is 0 Å². The fraction of sp³-hybridized carbons (Fsp3) is 0.455. The second kappa shape index (κ2) is 9.49. The number of carbonyl (C=O) groups is 2. The van der Waals surface area contributed by atoms with E-state index in [1.54, 1.807) is 14.1 Å². The van der Waals surface area contributed by atoms with Crippen molar-refractivity contribution in [1.82, 2.24) is 20.2 Å². The minimum Gasteiger partial charge on any atom is -0.478 e. The number of carbonyl (C=O) groups excluding carboxylic acids is 2. The highest BCUT2D eigenvalue weighted by molar-refractivity contribution is 5.85. The van der Waals surface area contributed by atoms with Crippen molar-refractivity contribution in [1.29, 1.82) is 0 Å². The maximum atomic E-state index is 12.8. The number of aryl methyl sites for hydroxylation is 1. The van der Waals surface area contributed by atoms with Gasteiger partial charge in [0.05, 0.1) is 18.8 Å². The number of hydrogen-bond donors (Lipinski definition) is 1. The van der Waals surface area contributed by atoms with E-state index in [9.17, 15) is 9.59 Å². The van der Waals surface area contributed by atoms with E-state index in [-0.39, 0.29) is 24.3 Å². The first-order valence-electron chi connectivity index (χ1n) is 10.1. The molecule has 1 aliphatic carbocycles. The average Bonchev–Trinajstić information content (AvgIpc) is 2.96. The van der Waals surface area contributed by atoms with E-state index >= 15 is 0 Å². The van der Waals surface area contributed by atoms with Crippen molar-refractivity contribution in [3.05, 3.63) is 41.6 Å². The van der Waals surface area contributed by atoms with Gasteiger partial charge < -0.3 is 15.0 Å². The van der Waals surface area contributed by atoms with Gasteiger partial charge in [0.25, 0.3) is 0 Å². The first kappa shape index (κ1) is 20.8. The van der Waals surface area contributed by atoms with Crippen LogP contribution in [0.5, 0.6) is 5.88 Å². The monoisotopic (exact) mass is 396 g/mol. The van der Waals surface area contributed by atoms with Crippen molar-refractivity contribution in [2.75, 3.05) is 27.2 Å². The Morgan fingerprint density at radius 1 is 1.17 bits per heavy atom. The van der Waals surface area contributed by atoms with Crippen LogP contribution in [0.4, 0.5) is 0 Å². The van der Waals surface area contributed by atoms with Crippen LogP contribution in [-0.2, 0) is 22.4 Å². The van der Waals surface area contributed by atoms with Crippen LogP contribution in [0.2, 0.25) is 0 Å². The van der Waals surface area contributed by atoms with Gasteiger partial charge in [0.15, 0.2) is 5.82 Å². The van der Waals surface area contributed by atoms with Crippen molar-refractivity contribution in [3.8, 4) is 17.3 Å². The molecule has 1 N–H and O–H groups in total. The van der Waals surface area contributed by atoms with E-state index in [0.717, 1.165) is 16.8 Å². The highest BCUT2D eigenvalue weighted by Crippen LogP contribution is 2.32. The number of benzene rings is 1. The summed E-state index contributed by atoms with van der Waals surface area (Å²) in [4.78, 5) is 35.4. The lowest BCUT2D eigenvalue weighted by atomic mass is 9.98. The van der Waals surface area contributed by atoms with Crippen LogP contribution >= 0.6 is 0 Å². The third-order valence-corrected chi connectivity index (χ3v) is 5.23. The summed E-state index contributed by atoms with van der Waals surface area (Å²) in [6, 6.07) is 9.84. The first-order valence-corrected chi connectivity index (χ1v) is 10.1. The summed E-state index contributed by atoms with van der Waals surface area (Å²) >= 11 is 0. The number of rotatable bonds is 6. The Morgan fingerprint density at radius 2 is 1.90 bits per heavy atom. The Morgan fingerprint density at radius 3 is 2.59 bits per heavy atom. The summed E-state index contributed by atoms with van der Waals surface area (Å²) in [6.07, 6.45) is 2.75. The third-order valence-electron chi connectivity index (χ3n) is 5.23. The molecule has 3 rings (SSSR count). The molecule has 1 unspecified atom stereocenters. The van der Waals surface area contributed by atoms with Gasteiger partial charge in [0, 0.05) is 31.1 Å². The van der Waals surface area contributed by atoms with Gasteiger partial charge in [-0.2, -0.15) is 4.98 Å². The molecule has 0 fully saturated rings. The molecule has 0 spiro atoms. The maximum Gasteiger partial charge on any atom is 0.239 e. The minimum absolute atomic E-state index is 0.00407.